The van der Waals surface area contributed by atoms with Gasteiger partial charge in [0.2, 0.25) is 0 Å². The van der Waals surface area contributed by atoms with Crippen molar-refractivity contribution in [3.63, 3.8) is 0 Å². The van der Waals surface area contributed by atoms with E-state index in [1.165, 1.54) is 0 Å². The van der Waals surface area contributed by atoms with Crippen molar-refractivity contribution in [2.24, 2.45) is 0 Å². The van der Waals surface area contributed by atoms with E-state index in [0.29, 0.717) is 6.07 Å². The highest BCUT2D eigenvalue weighted by Crippen LogP contribution is 2.24. The van der Waals surface area contributed by atoms with Crippen LogP contribution >= 0.6 is 0 Å². The molecule has 1 aromatic carbocycles. The highest BCUT2D eigenvalue weighted by atomic mass is 19.3. The van der Waals surface area contributed by atoms with Crippen LogP contribution in [-0.2, 0) is 4.74 Å². The summed E-state index contributed by atoms with van der Waals surface area (Å²) in [7, 11) is 0. The van der Waals surface area contributed by atoms with E-state index in [0.717, 1.165) is 19.1 Å². The lowest BCUT2D eigenvalue weighted by molar-refractivity contribution is -0.170. The van der Waals surface area contributed by atoms with Crippen LogP contribution in [0.4, 0.5) is 26.3 Å². The minimum Gasteiger partial charge on any atom is -0.364 e. The Hall–Kier alpha value is -1.57. The van der Waals surface area contributed by atoms with Crippen molar-refractivity contribution >= 4 is 5.78 Å². The van der Waals surface area contributed by atoms with E-state index >= 15 is 0 Å². The Kier molecular flexibility index (Phi) is 5.15. The molecular formula is C12H10F6O2. The Labute approximate surface area is 110 Å². The summed E-state index contributed by atoms with van der Waals surface area (Å²) in [6.07, 6.45) is -5.51. The first-order valence-corrected chi connectivity index (χ1v) is 5.42. The largest absolute Gasteiger partial charge is 0.364 e. The lowest BCUT2D eigenvalue weighted by Crippen LogP contribution is -2.35. The number of carbonyl (C=O) groups excluding carboxylic acids is 1. The number of ether oxygens (including phenoxy) is 1. The van der Waals surface area contributed by atoms with Gasteiger partial charge in [-0.15, -0.1) is 0 Å². The summed E-state index contributed by atoms with van der Waals surface area (Å²) in [4.78, 5) is 11.6. The molecule has 0 bridgehead atoms. The molecule has 0 amide bonds. The maximum Gasteiger partial charge on any atom is 0.330 e. The number of carbonyl (C=O) groups is 1. The van der Waals surface area contributed by atoms with Gasteiger partial charge in [-0.05, 0) is 19.1 Å². The molecule has 112 valence electrons. The van der Waals surface area contributed by atoms with Crippen LogP contribution in [0.15, 0.2) is 18.2 Å². The molecule has 0 saturated carbocycles. The predicted molar refractivity (Wildman–Crippen MR) is 57.1 cm³/mol. The number of halogens is 6. The van der Waals surface area contributed by atoms with Crippen LogP contribution in [0.5, 0.6) is 0 Å². The van der Waals surface area contributed by atoms with Gasteiger partial charge in [-0.2, -0.15) is 8.78 Å². The van der Waals surface area contributed by atoms with Crippen LogP contribution in [0.2, 0.25) is 0 Å². The van der Waals surface area contributed by atoms with E-state index < -0.39 is 48.0 Å². The molecule has 1 atom stereocenters. The molecule has 20 heavy (non-hydrogen) atoms. The fourth-order valence-corrected chi connectivity index (χ4v) is 1.28. The molecular weight excluding hydrogens is 290 g/mol. The van der Waals surface area contributed by atoms with E-state index in [4.69, 9.17) is 0 Å². The van der Waals surface area contributed by atoms with Gasteiger partial charge in [0.05, 0.1) is 5.56 Å². The van der Waals surface area contributed by atoms with Crippen molar-refractivity contribution in [1.82, 2.24) is 0 Å². The van der Waals surface area contributed by atoms with Crippen LogP contribution in [0.1, 0.15) is 17.3 Å². The van der Waals surface area contributed by atoms with Gasteiger partial charge in [0, 0.05) is 6.07 Å². The molecule has 8 heteroatoms. The van der Waals surface area contributed by atoms with Crippen molar-refractivity contribution in [2.45, 2.75) is 25.4 Å². The lowest BCUT2D eigenvalue weighted by Gasteiger charge is -2.18. The van der Waals surface area contributed by atoms with Crippen molar-refractivity contribution < 1.29 is 35.9 Å². The monoisotopic (exact) mass is 300 g/mol. The zero-order chi connectivity index (χ0) is 15.5. The van der Waals surface area contributed by atoms with E-state index in [2.05, 4.69) is 4.74 Å². The summed E-state index contributed by atoms with van der Waals surface area (Å²) in [6.45, 7) is -0.674. The Morgan fingerprint density at radius 1 is 1.30 bits per heavy atom. The third-order valence-electron chi connectivity index (χ3n) is 2.41. The Morgan fingerprint density at radius 2 is 1.90 bits per heavy atom. The molecule has 0 saturated heterocycles. The van der Waals surface area contributed by atoms with E-state index in [-0.39, 0.29) is 0 Å². The number of hydrogen-bond donors (Lipinski definition) is 0. The second kappa shape index (κ2) is 6.25. The molecule has 1 rings (SSSR count). The Bertz CT molecular complexity index is 489. The first kappa shape index (κ1) is 16.5. The smallest absolute Gasteiger partial charge is 0.330 e. The molecule has 0 spiro atoms. The summed E-state index contributed by atoms with van der Waals surface area (Å²) < 4.78 is 79.2. The lowest BCUT2D eigenvalue weighted by atomic mass is 10.1. The number of hydrogen-bond acceptors (Lipinski definition) is 2. The minimum absolute atomic E-state index is 0.438. The van der Waals surface area contributed by atoms with Crippen LogP contribution in [0.25, 0.3) is 0 Å². The second-order valence-electron chi connectivity index (χ2n) is 4.00. The van der Waals surface area contributed by atoms with Crippen LogP contribution in [0.3, 0.4) is 0 Å². The van der Waals surface area contributed by atoms with Gasteiger partial charge in [0.1, 0.15) is 24.3 Å². The zero-order valence-electron chi connectivity index (χ0n) is 10.2. The fourth-order valence-electron chi connectivity index (χ4n) is 1.28. The van der Waals surface area contributed by atoms with Crippen molar-refractivity contribution in [3.8, 4) is 0 Å². The van der Waals surface area contributed by atoms with E-state index in [1.54, 1.807) is 0 Å². The Balaban J connectivity index is 2.73. The maximum atomic E-state index is 13.3. The number of Topliss-reactive ketones (excluding diaryl/α,β-unsaturated/α-hetero) is 1. The van der Waals surface area contributed by atoms with Crippen molar-refractivity contribution in [3.05, 3.63) is 35.4 Å². The number of ketones is 1. The summed E-state index contributed by atoms with van der Waals surface area (Å²) in [5.74, 6) is -7.56. The van der Waals surface area contributed by atoms with Gasteiger partial charge >= 0.3 is 12.3 Å². The number of benzene rings is 1. The molecule has 0 aliphatic carbocycles. The maximum absolute atomic E-state index is 13.3. The first-order chi connectivity index (χ1) is 9.15. The van der Waals surface area contributed by atoms with Gasteiger partial charge in [-0.3, -0.25) is 4.79 Å². The summed E-state index contributed by atoms with van der Waals surface area (Å²) in [6, 6.07) is 2.06. The van der Waals surface area contributed by atoms with Crippen LogP contribution in [-0.4, -0.2) is 30.8 Å². The molecule has 0 aromatic heterocycles. The minimum atomic E-state index is -4.41. The summed E-state index contributed by atoms with van der Waals surface area (Å²) in [5, 5.41) is 0. The fraction of sp³-hybridized carbons (Fsp3) is 0.417. The topological polar surface area (TPSA) is 26.3 Å². The molecule has 2 nitrogen and oxygen atoms in total. The average molecular weight is 300 g/mol. The van der Waals surface area contributed by atoms with Gasteiger partial charge in [-0.25, -0.2) is 17.6 Å². The first-order valence-electron chi connectivity index (χ1n) is 5.42. The second-order valence-corrected chi connectivity index (χ2v) is 4.00. The standard InChI is InChI=1S/C12H10F6O2/c1-6(20-5-12(17,18)11(15)16)10(19)8-3-2-7(13)4-9(8)14/h2-4,6,11H,5H2,1H3. The SMILES string of the molecule is CC(OCC(F)(F)C(F)F)C(=O)c1ccc(F)cc1F. The van der Waals surface area contributed by atoms with Gasteiger partial charge in [0.15, 0.2) is 5.78 Å². The third-order valence-corrected chi connectivity index (χ3v) is 2.41. The quantitative estimate of drug-likeness (QED) is 0.594. The molecule has 0 fully saturated rings. The number of alkyl halides is 4. The summed E-state index contributed by atoms with van der Waals surface area (Å²) in [5.41, 5.74) is -0.570. The zero-order valence-corrected chi connectivity index (χ0v) is 10.2. The molecule has 1 aromatic rings. The van der Waals surface area contributed by atoms with Crippen molar-refractivity contribution in [2.75, 3.05) is 6.61 Å². The van der Waals surface area contributed by atoms with E-state index in [9.17, 15) is 31.1 Å². The molecule has 0 aliphatic heterocycles. The molecule has 0 radical (unpaired) electrons. The summed E-state index contributed by atoms with van der Waals surface area (Å²) >= 11 is 0. The number of rotatable bonds is 6. The molecule has 1 unspecified atom stereocenters. The van der Waals surface area contributed by atoms with Gasteiger partial charge in [-0.1, -0.05) is 0 Å². The molecule has 0 heterocycles. The normalized spacial score (nSPS) is 13.6. The highest BCUT2D eigenvalue weighted by Gasteiger charge is 2.41. The van der Waals surface area contributed by atoms with Gasteiger partial charge in [0.25, 0.3) is 0 Å². The highest BCUT2D eigenvalue weighted by molar-refractivity contribution is 5.99. The third kappa shape index (κ3) is 3.96. The Morgan fingerprint density at radius 3 is 2.40 bits per heavy atom. The molecule has 0 N–H and O–H groups in total. The van der Waals surface area contributed by atoms with Crippen LogP contribution in [0, 0.1) is 11.6 Å². The van der Waals surface area contributed by atoms with E-state index in [1.807, 2.05) is 0 Å². The van der Waals surface area contributed by atoms with Crippen LogP contribution < -0.4 is 0 Å². The van der Waals surface area contributed by atoms with Crippen molar-refractivity contribution in [1.29, 1.82) is 0 Å². The average Bonchev–Trinajstić information content (AvgIpc) is 2.35. The molecule has 0 aliphatic rings. The van der Waals surface area contributed by atoms with Gasteiger partial charge < -0.3 is 4.74 Å². The predicted octanol–water partition coefficient (Wildman–Crippen LogP) is 3.45.